The highest BCUT2D eigenvalue weighted by Gasteiger charge is 2.43. The van der Waals surface area contributed by atoms with Crippen LogP contribution in [0.1, 0.15) is 47.8 Å². The Labute approximate surface area is 112 Å². The minimum atomic E-state index is 0.0113. The van der Waals surface area contributed by atoms with E-state index >= 15 is 0 Å². The molecule has 1 saturated heterocycles. The summed E-state index contributed by atoms with van der Waals surface area (Å²) in [5.41, 5.74) is 6.57. The number of rotatable bonds is 2. The second-order valence-electron chi connectivity index (χ2n) is 6.26. The average molecular weight is 261 g/mol. The van der Waals surface area contributed by atoms with Gasteiger partial charge in [-0.2, -0.15) is 0 Å². The van der Waals surface area contributed by atoms with E-state index in [1.165, 1.54) is 0 Å². The summed E-state index contributed by atoms with van der Waals surface area (Å²) in [5.74, 6) is 2.46. The molecular formula is C14H19N3O2. The number of nitrogens with two attached hydrogens (primary N) is 1. The molecule has 1 aromatic rings. The van der Waals surface area contributed by atoms with E-state index < -0.39 is 0 Å². The van der Waals surface area contributed by atoms with Crippen LogP contribution in [-0.2, 0) is 0 Å². The van der Waals surface area contributed by atoms with Crippen molar-refractivity contribution in [3.8, 4) is 0 Å². The molecule has 0 aromatic carbocycles. The fraction of sp³-hybridized carbons (Fsp3) is 0.714. The first-order chi connectivity index (χ1) is 9.22. The third-order valence-corrected chi connectivity index (χ3v) is 4.93. The van der Waals surface area contributed by atoms with Gasteiger partial charge < -0.3 is 15.2 Å². The largest absolute Gasteiger partial charge is 0.360 e. The molecule has 0 spiro atoms. The molecule has 5 heteroatoms. The summed E-state index contributed by atoms with van der Waals surface area (Å²) < 4.78 is 5.26. The van der Waals surface area contributed by atoms with E-state index in [9.17, 15) is 4.79 Å². The Morgan fingerprint density at radius 2 is 2.16 bits per heavy atom. The molecule has 1 aromatic heterocycles. The zero-order valence-electron chi connectivity index (χ0n) is 10.9. The molecule has 5 nitrogen and oxygen atoms in total. The van der Waals surface area contributed by atoms with E-state index in [4.69, 9.17) is 10.3 Å². The minimum absolute atomic E-state index is 0.0113. The van der Waals surface area contributed by atoms with E-state index in [1.54, 1.807) is 0 Å². The van der Waals surface area contributed by atoms with Crippen LogP contribution in [0.25, 0.3) is 0 Å². The van der Waals surface area contributed by atoms with E-state index in [2.05, 4.69) is 5.16 Å². The van der Waals surface area contributed by atoms with Crippen molar-refractivity contribution in [2.45, 2.75) is 37.6 Å². The van der Waals surface area contributed by atoms with Gasteiger partial charge in [0.15, 0.2) is 5.69 Å². The summed E-state index contributed by atoms with van der Waals surface area (Å²) >= 11 is 0. The zero-order chi connectivity index (χ0) is 13.0. The number of carbonyl (C=O) groups excluding carboxylic acids is 1. The molecule has 4 rings (SSSR count). The van der Waals surface area contributed by atoms with Crippen molar-refractivity contribution < 1.29 is 9.32 Å². The van der Waals surface area contributed by atoms with Crippen molar-refractivity contribution in [2.75, 3.05) is 13.1 Å². The van der Waals surface area contributed by atoms with E-state index in [-0.39, 0.29) is 11.9 Å². The second-order valence-corrected chi connectivity index (χ2v) is 6.26. The predicted molar refractivity (Wildman–Crippen MR) is 68.6 cm³/mol. The predicted octanol–water partition coefficient (Wildman–Crippen LogP) is 1.36. The van der Waals surface area contributed by atoms with Crippen molar-refractivity contribution in [2.24, 2.45) is 17.6 Å². The van der Waals surface area contributed by atoms with Crippen LogP contribution < -0.4 is 5.73 Å². The summed E-state index contributed by atoms with van der Waals surface area (Å²) in [5, 5.41) is 3.94. The van der Waals surface area contributed by atoms with Crippen LogP contribution in [0.5, 0.6) is 0 Å². The molecule has 2 heterocycles. The van der Waals surface area contributed by atoms with Gasteiger partial charge in [-0.05, 0) is 37.5 Å². The highest BCUT2D eigenvalue weighted by Crippen LogP contribution is 2.41. The van der Waals surface area contributed by atoms with Crippen molar-refractivity contribution >= 4 is 5.91 Å². The second kappa shape index (κ2) is 4.07. The molecule has 1 amide bonds. The van der Waals surface area contributed by atoms with Gasteiger partial charge in [0, 0.05) is 31.1 Å². The summed E-state index contributed by atoms with van der Waals surface area (Å²) in [6, 6.07) is 2.09. The van der Waals surface area contributed by atoms with Crippen LogP contribution in [-0.4, -0.2) is 35.1 Å². The average Bonchev–Trinajstić information content (AvgIpc) is 2.88. The highest BCUT2D eigenvalue weighted by atomic mass is 16.5. The molecule has 19 heavy (non-hydrogen) atoms. The van der Waals surface area contributed by atoms with Crippen LogP contribution in [0, 0.1) is 11.8 Å². The van der Waals surface area contributed by atoms with Gasteiger partial charge in [0.05, 0.1) is 0 Å². The quantitative estimate of drug-likeness (QED) is 0.872. The van der Waals surface area contributed by atoms with Gasteiger partial charge in [-0.1, -0.05) is 5.16 Å². The Morgan fingerprint density at radius 1 is 1.32 bits per heavy atom. The fourth-order valence-electron chi connectivity index (χ4n) is 3.59. The Hall–Kier alpha value is -1.36. The van der Waals surface area contributed by atoms with E-state index in [0.29, 0.717) is 23.4 Å². The monoisotopic (exact) mass is 261 g/mol. The number of likely N-dealkylation sites (tertiary alicyclic amines) is 1. The molecule has 1 aliphatic heterocycles. The topological polar surface area (TPSA) is 72.4 Å². The van der Waals surface area contributed by atoms with Crippen molar-refractivity contribution in [1.82, 2.24) is 10.1 Å². The van der Waals surface area contributed by atoms with Crippen LogP contribution in [0.2, 0.25) is 0 Å². The Kier molecular flexibility index (Phi) is 2.45. The number of aromatic nitrogens is 1. The first kappa shape index (κ1) is 11.5. The summed E-state index contributed by atoms with van der Waals surface area (Å²) in [7, 11) is 0. The molecule has 3 atom stereocenters. The number of fused-ring (bicyclic) bond motifs is 1. The van der Waals surface area contributed by atoms with Crippen molar-refractivity contribution in [3.63, 3.8) is 0 Å². The smallest absolute Gasteiger partial charge is 0.276 e. The Bertz CT molecular complexity index is 509. The maximum absolute atomic E-state index is 12.4. The third-order valence-electron chi connectivity index (χ3n) is 4.93. The first-order valence-electron chi connectivity index (χ1n) is 7.24. The maximum Gasteiger partial charge on any atom is 0.276 e. The number of carbonyl (C=O) groups is 1. The standard InChI is InChI=1S/C14H19N3O2/c15-11-4-3-9-6-17(7-10(9)11)14(18)12-5-13(19-16-12)8-1-2-8/h5,8-11H,1-4,6-7,15H2. The molecule has 0 radical (unpaired) electrons. The molecule has 3 fully saturated rings. The number of nitrogens with zero attached hydrogens (tertiary/aromatic N) is 2. The van der Waals surface area contributed by atoms with E-state index in [1.807, 2.05) is 11.0 Å². The highest BCUT2D eigenvalue weighted by molar-refractivity contribution is 5.92. The van der Waals surface area contributed by atoms with Crippen LogP contribution in [0.4, 0.5) is 0 Å². The summed E-state index contributed by atoms with van der Waals surface area (Å²) in [6.07, 6.45) is 4.58. The number of hydrogen-bond donors (Lipinski definition) is 1. The molecule has 3 aliphatic rings. The lowest BCUT2D eigenvalue weighted by Gasteiger charge is -2.17. The molecular weight excluding hydrogens is 242 g/mol. The van der Waals surface area contributed by atoms with Crippen molar-refractivity contribution in [3.05, 3.63) is 17.5 Å². The van der Waals surface area contributed by atoms with Crippen LogP contribution in [0.3, 0.4) is 0 Å². The summed E-state index contributed by atoms with van der Waals surface area (Å²) in [6.45, 7) is 1.62. The lowest BCUT2D eigenvalue weighted by Crippen LogP contribution is -2.33. The SMILES string of the molecule is NC1CCC2CN(C(=O)c3cc(C4CC4)on3)CC12. The lowest BCUT2D eigenvalue weighted by atomic mass is 9.98. The Balaban J connectivity index is 1.48. The van der Waals surface area contributed by atoms with Crippen molar-refractivity contribution in [1.29, 1.82) is 0 Å². The fourth-order valence-corrected chi connectivity index (χ4v) is 3.59. The molecule has 3 unspecified atom stereocenters. The molecule has 2 saturated carbocycles. The van der Waals surface area contributed by atoms with E-state index in [0.717, 1.165) is 44.5 Å². The third kappa shape index (κ3) is 1.87. The summed E-state index contributed by atoms with van der Waals surface area (Å²) in [4.78, 5) is 14.3. The van der Waals surface area contributed by atoms with Gasteiger partial charge in [-0.25, -0.2) is 0 Å². The maximum atomic E-state index is 12.4. The number of amides is 1. The first-order valence-corrected chi connectivity index (χ1v) is 7.24. The molecule has 0 bridgehead atoms. The van der Waals surface area contributed by atoms with Gasteiger partial charge in [0.2, 0.25) is 0 Å². The van der Waals surface area contributed by atoms with Gasteiger partial charge in [-0.15, -0.1) is 0 Å². The number of hydrogen-bond acceptors (Lipinski definition) is 4. The normalized spacial score (nSPS) is 33.7. The minimum Gasteiger partial charge on any atom is -0.360 e. The van der Waals surface area contributed by atoms with Gasteiger partial charge in [0.1, 0.15) is 5.76 Å². The molecule has 2 N–H and O–H groups in total. The molecule has 102 valence electrons. The lowest BCUT2D eigenvalue weighted by molar-refractivity contribution is 0.0769. The van der Waals surface area contributed by atoms with Gasteiger partial charge >= 0.3 is 0 Å². The molecule has 2 aliphatic carbocycles. The van der Waals surface area contributed by atoms with Gasteiger partial charge in [0.25, 0.3) is 5.91 Å². The van der Waals surface area contributed by atoms with Gasteiger partial charge in [-0.3, -0.25) is 4.79 Å². The zero-order valence-corrected chi connectivity index (χ0v) is 10.9. The Morgan fingerprint density at radius 3 is 2.89 bits per heavy atom. The van der Waals surface area contributed by atoms with Crippen LogP contribution >= 0.6 is 0 Å². The van der Waals surface area contributed by atoms with Crippen LogP contribution in [0.15, 0.2) is 10.6 Å².